The van der Waals surface area contributed by atoms with E-state index in [4.69, 9.17) is 4.98 Å². The number of benzene rings is 2. The molecule has 4 rings (SSSR count). The van der Waals surface area contributed by atoms with Crippen LogP contribution in [-0.4, -0.2) is 68.4 Å². The molecule has 0 unspecified atom stereocenters. The average Bonchev–Trinajstić information content (AvgIpc) is 3.56. The number of imide groups is 3. The van der Waals surface area contributed by atoms with Gasteiger partial charge in [0, 0.05) is 43.5 Å². The highest BCUT2D eigenvalue weighted by molar-refractivity contribution is 7.16. The number of carbonyl (C=O) groups excluding carboxylic acids is 6. The lowest BCUT2D eigenvalue weighted by molar-refractivity contribution is -0.164. The third-order valence-electron chi connectivity index (χ3n) is 8.80. The second kappa shape index (κ2) is 17.5. The van der Waals surface area contributed by atoms with Crippen LogP contribution in [0.25, 0.3) is 6.08 Å². The second-order valence-corrected chi connectivity index (χ2v) is 15.0. The first-order valence-corrected chi connectivity index (χ1v) is 18.8. The van der Waals surface area contributed by atoms with Crippen molar-refractivity contribution < 1.29 is 28.8 Å². The lowest BCUT2D eigenvalue weighted by atomic mass is 9.89. The number of hydrogen-bond acceptors (Lipinski definition) is 9. The molecule has 0 atom stereocenters. The molecule has 0 N–H and O–H groups in total. The molecule has 3 aromatic rings. The number of thiazole rings is 1. The Kier molecular flexibility index (Phi) is 13.4. The normalized spacial score (nSPS) is 14.1. The fourth-order valence-electron chi connectivity index (χ4n) is 5.90. The SMILES string of the molecule is CCCCN(CCCC)c1nc(C(C)(C)C)c(/C=C2\C(=O)N(N(C(C)=O)C(=O)c3ccccc3)C(=O)C(C(=O)N(Cc3ccccc3)C(C)=O)=C2C)s1. The van der Waals surface area contributed by atoms with E-state index in [1.165, 1.54) is 37.3 Å². The van der Waals surface area contributed by atoms with Crippen LogP contribution in [0.5, 0.6) is 0 Å². The Morgan fingerprint density at radius 3 is 1.89 bits per heavy atom. The number of aromatic nitrogens is 1. The summed E-state index contributed by atoms with van der Waals surface area (Å²) in [5.41, 5.74) is 0.332. The van der Waals surface area contributed by atoms with Gasteiger partial charge < -0.3 is 4.90 Å². The van der Waals surface area contributed by atoms with Crippen LogP contribution in [0.1, 0.15) is 108 Å². The summed E-state index contributed by atoms with van der Waals surface area (Å²) in [7, 11) is 0. The van der Waals surface area contributed by atoms with E-state index in [0.717, 1.165) is 55.7 Å². The van der Waals surface area contributed by atoms with E-state index in [1.54, 1.807) is 54.6 Å². The highest BCUT2D eigenvalue weighted by Crippen LogP contribution is 2.38. The Balaban J connectivity index is 1.98. The molecular formula is C41H49N5O6S. The van der Waals surface area contributed by atoms with Gasteiger partial charge in [-0.25, -0.2) is 4.98 Å². The van der Waals surface area contributed by atoms with Crippen molar-refractivity contribution in [2.24, 2.45) is 0 Å². The topological polar surface area (TPSA) is 128 Å². The first kappa shape index (κ1) is 40.5. The average molecular weight is 740 g/mol. The summed E-state index contributed by atoms with van der Waals surface area (Å²) in [4.78, 5) is 92.5. The molecule has 1 aliphatic heterocycles. The van der Waals surface area contributed by atoms with Gasteiger partial charge >= 0.3 is 0 Å². The summed E-state index contributed by atoms with van der Waals surface area (Å²) >= 11 is 1.40. The van der Waals surface area contributed by atoms with Crippen LogP contribution in [0, 0.1) is 0 Å². The molecule has 0 bridgehead atoms. The molecule has 53 heavy (non-hydrogen) atoms. The summed E-state index contributed by atoms with van der Waals surface area (Å²) in [5.74, 6) is -5.61. The molecule has 6 amide bonds. The van der Waals surface area contributed by atoms with Crippen LogP contribution in [0.4, 0.5) is 5.13 Å². The zero-order valence-electron chi connectivity index (χ0n) is 31.9. The van der Waals surface area contributed by atoms with Crippen molar-refractivity contribution in [1.29, 1.82) is 0 Å². The summed E-state index contributed by atoms with van der Waals surface area (Å²) in [6.45, 7) is 15.5. The molecule has 0 aliphatic carbocycles. The largest absolute Gasteiger partial charge is 0.348 e. The quantitative estimate of drug-likeness (QED) is 0.103. The van der Waals surface area contributed by atoms with Gasteiger partial charge in [0.25, 0.3) is 23.6 Å². The Hall–Kier alpha value is -5.23. The molecule has 0 radical (unpaired) electrons. The number of carbonyl (C=O) groups is 6. The summed E-state index contributed by atoms with van der Waals surface area (Å²) in [5, 5.41) is 1.68. The van der Waals surface area contributed by atoms with Gasteiger partial charge in [-0.2, -0.15) is 10.0 Å². The molecule has 1 aliphatic rings. The number of amides is 6. The van der Waals surface area contributed by atoms with E-state index in [9.17, 15) is 28.8 Å². The van der Waals surface area contributed by atoms with Crippen molar-refractivity contribution in [2.75, 3.05) is 18.0 Å². The smallest absolute Gasteiger partial charge is 0.286 e. The van der Waals surface area contributed by atoms with E-state index in [0.29, 0.717) is 26.2 Å². The molecule has 280 valence electrons. The molecule has 11 nitrogen and oxygen atoms in total. The number of anilines is 1. The number of rotatable bonds is 13. The first-order chi connectivity index (χ1) is 25.1. The van der Waals surface area contributed by atoms with E-state index >= 15 is 0 Å². The van der Waals surface area contributed by atoms with Crippen molar-refractivity contribution in [3.8, 4) is 0 Å². The third kappa shape index (κ3) is 9.23. The van der Waals surface area contributed by atoms with Gasteiger partial charge in [-0.3, -0.25) is 33.7 Å². The molecular weight excluding hydrogens is 691 g/mol. The predicted octanol–water partition coefficient (Wildman–Crippen LogP) is 7.10. The van der Waals surface area contributed by atoms with Crippen molar-refractivity contribution >= 4 is 58.0 Å². The number of unbranched alkanes of at least 4 members (excludes halogenated alkanes) is 2. The Labute approximate surface area is 315 Å². The maximum Gasteiger partial charge on any atom is 0.286 e. The van der Waals surface area contributed by atoms with E-state index in [-0.39, 0.29) is 23.3 Å². The predicted molar refractivity (Wildman–Crippen MR) is 206 cm³/mol. The van der Waals surface area contributed by atoms with Gasteiger partial charge in [-0.1, -0.05) is 107 Å². The lowest BCUT2D eigenvalue weighted by Gasteiger charge is -2.36. The van der Waals surface area contributed by atoms with Crippen molar-refractivity contribution in [3.05, 3.63) is 99.1 Å². The van der Waals surface area contributed by atoms with Crippen LogP contribution in [0.3, 0.4) is 0 Å². The van der Waals surface area contributed by atoms with Gasteiger partial charge in [0.1, 0.15) is 5.57 Å². The molecule has 0 saturated carbocycles. The first-order valence-electron chi connectivity index (χ1n) is 18.0. The zero-order chi connectivity index (χ0) is 39.0. The molecule has 0 spiro atoms. The maximum atomic E-state index is 14.6. The van der Waals surface area contributed by atoms with Crippen molar-refractivity contribution in [1.82, 2.24) is 19.9 Å². The van der Waals surface area contributed by atoms with E-state index in [2.05, 4.69) is 18.7 Å². The fourth-order valence-corrected chi connectivity index (χ4v) is 7.17. The number of hydrogen-bond donors (Lipinski definition) is 0. The third-order valence-corrected chi connectivity index (χ3v) is 9.87. The molecule has 0 saturated heterocycles. The van der Waals surface area contributed by atoms with Crippen LogP contribution < -0.4 is 4.90 Å². The molecule has 0 fully saturated rings. The summed E-state index contributed by atoms with van der Waals surface area (Å²) in [6.07, 6.45) is 5.54. The van der Waals surface area contributed by atoms with Gasteiger partial charge in [0.2, 0.25) is 11.8 Å². The second-order valence-electron chi connectivity index (χ2n) is 14.0. The number of hydrazine groups is 1. The summed E-state index contributed by atoms with van der Waals surface area (Å²) < 4.78 is 0. The zero-order valence-corrected chi connectivity index (χ0v) is 32.7. The van der Waals surface area contributed by atoms with Gasteiger partial charge in [-0.15, -0.1) is 0 Å². The van der Waals surface area contributed by atoms with E-state index in [1.807, 2.05) is 20.8 Å². The van der Waals surface area contributed by atoms with Crippen molar-refractivity contribution in [3.63, 3.8) is 0 Å². The standard InChI is InChI=1S/C41H49N5O6S/c1-9-11-23-43(24-12-10-2)40-42-35(41(6,7)8)33(53-40)25-32-27(3)34(38(51)44(28(4)47)26-30-19-15-13-16-20-30)39(52)46(37(32)50)45(29(5)48)36(49)31-21-17-14-18-22-31/h13-22,25H,9-12,23-24,26H2,1-8H3/b32-25-. The van der Waals surface area contributed by atoms with Gasteiger partial charge in [-0.05, 0) is 49.1 Å². The Morgan fingerprint density at radius 1 is 0.811 bits per heavy atom. The molecule has 12 heteroatoms. The minimum absolute atomic E-state index is 0.0138. The Morgan fingerprint density at radius 2 is 1.38 bits per heavy atom. The Bertz CT molecular complexity index is 1920. The molecule has 1 aromatic heterocycles. The van der Waals surface area contributed by atoms with Gasteiger partial charge in [0.15, 0.2) is 5.13 Å². The minimum Gasteiger partial charge on any atom is -0.348 e. The van der Waals surface area contributed by atoms with Gasteiger partial charge in [0.05, 0.1) is 17.1 Å². The number of nitrogens with zero attached hydrogens (tertiary/aromatic N) is 5. The van der Waals surface area contributed by atoms with E-state index < -0.39 is 46.4 Å². The minimum atomic E-state index is -1.19. The van der Waals surface area contributed by atoms with Crippen LogP contribution in [0.15, 0.2) is 77.4 Å². The summed E-state index contributed by atoms with van der Waals surface area (Å²) in [6, 6.07) is 16.6. The molecule has 2 heterocycles. The van der Waals surface area contributed by atoms with Crippen molar-refractivity contribution in [2.45, 2.75) is 93.0 Å². The lowest BCUT2D eigenvalue weighted by Crippen LogP contribution is -2.58. The van der Waals surface area contributed by atoms with Crippen LogP contribution in [0.2, 0.25) is 0 Å². The molecule has 2 aromatic carbocycles. The maximum absolute atomic E-state index is 14.6. The monoisotopic (exact) mass is 739 g/mol. The highest BCUT2D eigenvalue weighted by Gasteiger charge is 2.46. The van der Waals surface area contributed by atoms with Crippen LogP contribution in [-0.2, 0) is 35.9 Å². The fraction of sp³-hybridized carbons (Fsp3) is 0.390. The highest BCUT2D eigenvalue weighted by atomic mass is 32.1. The van der Waals surface area contributed by atoms with Crippen LogP contribution >= 0.6 is 11.3 Å².